The second-order valence-corrected chi connectivity index (χ2v) is 5.76. The number of methoxy groups -OCH3 is 2. The summed E-state index contributed by atoms with van der Waals surface area (Å²) in [6.45, 7) is 5.88. The molecule has 0 radical (unpaired) electrons. The van der Waals surface area contributed by atoms with E-state index in [9.17, 15) is 4.79 Å². The molecule has 2 rings (SSSR count). The van der Waals surface area contributed by atoms with Gasteiger partial charge in [-0.2, -0.15) is 0 Å². The van der Waals surface area contributed by atoms with Gasteiger partial charge in [0.2, 0.25) is 5.91 Å². The monoisotopic (exact) mass is 322 g/mol. The summed E-state index contributed by atoms with van der Waals surface area (Å²) in [5.74, 6) is 1.46. The molecule has 0 saturated carbocycles. The minimum absolute atomic E-state index is 0.129. The van der Waals surface area contributed by atoms with Gasteiger partial charge < -0.3 is 19.5 Å². The van der Waals surface area contributed by atoms with Crippen molar-refractivity contribution in [1.29, 1.82) is 0 Å². The predicted molar refractivity (Wildman–Crippen MR) is 88.1 cm³/mol. The van der Waals surface area contributed by atoms with Crippen LogP contribution in [0.1, 0.15) is 11.1 Å². The minimum Gasteiger partial charge on any atom is -0.493 e. The van der Waals surface area contributed by atoms with E-state index in [0.29, 0.717) is 37.6 Å². The summed E-state index contributed by atoms with van der Waals surface area (Å²) < 4.78 is 10.6. The molecule has 0 unspecified atom stereocenters. The van der Waals surface area contributed by atoms with Crippen LogP contribution in [0.4, 0.5) is 0 Å². The molecule has 128 valence electrons. The van der Waals surface area contributed by atoms with E-state index in [1.165, 1.54) is 0 Å². The van der Waals surface area contributed by atoms with Crippen LogP contribution in [0.25, 0.3) is 0 Å². The fourth-order valence-electron chi connectivity index (χ4n) is 2.85. The number of nitrogens with zero attached hydrogens (tertiary/aromatic N) is 2. The Labute approximate surface area is 137 Å². The Kier molecular flexibility index (Phi) is 6.24. The summed E-state index contributed by atoms with van der Waals surface area (Å²) in [6.07, 6.45) is 0.367. The molecular weight excluding hydrogens is 296 g/mol. The molecule has 1 amide bonds. The van der Waals surface area contributed by atoms with Crippen LogP contribution >= 0.6 is 0 Å². The minimum atomic E-state index is 0.129. The van der Waals surface area contributed by atoms with Gasteiger partial charge in [-0.1, -0.05) is 0 Å². The van der Waals surface area contributed by atoms with Gasteiger partial charge in [0.05, 0.1) is 27.2 Å². The lowest BCUT2D eigenvalue weighted by Crippen LogP contribution is -2.49. The Morgan fingerprint density at radius 1 is 1.13 bits per heavy atom. The fraction of sp³-hybridized carbons (Fsp3) is 0.588. The summed E-state index contributed by atoms with van der Waals surface area (Å²) in [4.78, 5) is 16.6. The van der Waals surface area contributed by atoms with E-state index in [2.05, 4.69) is 4.90 Å². The molecule has 23 heavy (non-hydrogen) atoms. The van der Waals surface area contributed by atoms with Gasteiger partial charge in [-0.25, -0.2) is 0 Å². The lowest BCUT2D eigenvalue weighted by molar-refractivity contribution is -0.132. The molecule has 0 spiro atoms. The van der Waals surface area contributed by atoms with E-state index >= 15 is 0 Å². The molecule has 0 bridgehead atoms. The number of benzene rings is 1. The van der Waals surface area contributed by atoms with Gasteiger partial charge in [0, 0.05) is 32.7 Å². The highest BCUT2D eigenvalue weighted by Crippen LogP contribution is 2.30. The molecule has 6 nitrogen and oxygen atoms in total. The van der Waals surface area contributed by atoms with Crippen molar-refractivity contribution in [1.82, 2.24) is 9.80 Å². The van der Waals surface area contributed by atoms with Crippen molar-refractivity contribution >= 4 is 5.91 Å². The van der Waals surface area contributed by atoms with E-state index in [4.69, 9.17) is 14.6 Å². The molecule has 1 aromatic carbocycles. The first-order chi connectivity index (χ1) is 11.1. The lowest BCUT2D eigenvalue weighted by Gasteiger charge is -2.34. The largest absolute Gasteiger partial charge is 0.493 e. The second kappa shape index (κ2) is 8.17. The van der Waals surface area contributed by atoms with Gasteiger partial charge in [-0.3, -0.25) is 9.69 Å². The van der Waals surface area contributed by atoms with E-state index in [1.54, 1.807) is 14.2 Å². The number of piperazine rings is 1. The Morgan fingerprint density at radius 2 is 1.74 bits per heavy atom. The van der Waals surface area contributed by atoms with Gasteiger partial charge in [0.25, 0.3) is 0 Å². The number of β-amino-alcohol motifs (C(OH)–C–C–N with tert-alkyl or cyclic N) is 1. The summed E-state index contributed by atoms with van der Waals surface area (Å²) in [6, 6.07) is 3.79. The molecule has 1 fully saturated rings. The maximum Gasteiger partial charge on any atom is 0.227 e. The number of aliphatic hydroxyl groups is 1. The Balaban J connectivity index is 2.00. The first-order valence-electron chi connectivity index (χ1n) is 7.91. The Morgan fingerprint density at radius 3 is 2.30 bits per heavy atom. The van der Waals surface area contributed by atoms with Crippen molar-refractivity contribution in [2.45, 2.75) is 13.3 Å². The van der Waals surface area contributed by atoms with Crippen molar-refractivity contribution in [2.75, 3.05) is 53.6 Å². The van der Waals surface area contributed by atoms with Crippen LogP contribution in [0.5, 0.6) is 11.5 Å². The number of ether oxygens (including phenoxy) is 2. The molecule has 1 aromatic rings. The first-order valence-corrected chi connectivity index (χ1v) is 7.91. The molecule has 1 heterocycles. The van der Waals surface area contributed by atoms with Crippen LogP contribution in [-0.4, -0.2) is 74.4 Å². The number of hydrogen-bond acceptors (Lipinski definition) is 5. The maximum absolute atomic E-state index is 12.5. The third-order valence-electron chi connectivity index (χ3n) is 4.33. The number of rotatable bonds is 6. The number of hydrogen-bond donors (Lipinski definition) is 1. The number of amides is 1. The summed E-state index contributed by atoms with van der Waals surface area (Å²) in [5.41, 5.74) is 1.99. The number of carbonyl (C=O) groups is 1. The van der Waals surface area contributed by atoms with Crippen molar-refractivity contribution in [3.8, 4) is 11.5 Å². The van der Waals surface area contributed by atoms with Crippen molar-refractivity contribution in [3.05, 3.63) is 23.3 Å². The highest BCUT2D eigenvalue weighted by atomic mass is 16.5. The highest BCUT2D eigenvalue weighted by Gasteiger charge is 2.21. The smallest absolute Gasteiger partial charge is 0.227 e. The van der Waals surface area contributed by atoms with Gasteiger partial charge in [0.1, 0.15) is 0 Å². The zero-order valence-electron chi connectivity index (χ0n) is 14.2. The topological polar surface area (TPSA) is 62.2 Å². The molecule has 0 aromatic heterocycles. The van der Waals surface area contributed by atoms with Crippen LogP contribution in [-0.2, 0) is 11.2 Å². The third-order valence-corrected chi connectivity index (χ3v) is 4.33. The molecule has 1 saturated heterocycles. The van der Waals surface area contributed by atoms with E-state index in [-0.39, 0.29) is 12.5 Å². The normalized spacial score (nSPS) is 15.6. The van der Waals surface area contributed by atoms with Gasteiger partial charge >= 0.3 is 0 Å². The van der Waals surface area contributed by atoms with Crippen molar-refractivity contribution in [3.63, 3.8) is 0 Å². The molecule has 0 atom stereocenters. The third kappa shape index (κ3) is 4.36. The van der Waals surface area contributed by atoms with E-state index in [0.717, 1.165) is 24.2 Å². The molecule has 1 aliphatic rings. The van der Waals surface area contributed by atoms with Crippen LogP contribution in [0, 0.1) is 6.92 Å². The quantitative estimate of drug-likeness (QED) is 0.835. The van der Waals surface area contributed by atoms with Crippen LogP contribution in [0.3, 0.4) is 0 Å². The zero-order chi connectivity index (χ0) is 16.8. The van der Waals surface area contributed by atoms with E-state index in [1.807, 2.05) is 24.0 Å². The second-order valence-electron chi connectivity index (χ2n) is 5.76. The maximum atomic E-state index is 12.5. The lowest BCUT2D eigenvalue weighted by atomic mass is 10.0. The van der Waals surface area contributed by atoms with Crippen LogP contribution < -0.4 is 9.47 Å². The zero-order valence-corrected chi connectivity index (χ0v) is 14.2. The molecule has 6 heteroatoms. The molecule has 1 aliphatic heterocycles. The Bertz CT molecular complexity index is 540. The first kappa shape index (κ1) is 17.6. The standard InChI is InChI=1S/C17H26N2O4/c1-13-10-15(22-2)16(23-3)11-14(13)12-17(21)19-6-4-18(5-7-19)8-9-20/h10-11,20H,4-9,12H2,1-3H3. The number of carbonyl (C=O) groups excluding carboxylic acids is 1. The Hall–Kier alpha value is -1.79. The molecule has 1 N–H and O–H groups in total. The van der Waals surface area contributed by atoms with Gasteiger partial charge in [-0.05, 0) is 30.2 Å². The number of aryl methyl sites for hydroxylation is 1. The fourth-order valence-corrected chi connectivity index (χ4v) is 2.85. The highest BCUT2D eigenvalue weighted by molar-refractivity contribution is 5.79. The predicted octanol–water partition coefficient (Wildman–Crippen LogP) is 0.691. The molecular formula is C17H26N2O4. The van der Waals surface area contributed by atoms with E-state index < -0.39 is 0 Å². The summed E-state index contributed by atoms with van der Waals surface area (Å²) >= 11 is 0. The number of aliphatic hydroxyl groups excluding tert-OH is 1. The summed E-state index contributed by atoms with van der Waals surface area (Å²) in [7, 11) is 3.20. The molecule has 0 aliphatic carbocycles. The van der Waals surface area contributed by atoms with Crippen LogP contribution in [0.2, 0.25) is 0 Å². The van der Waals surface area contributed by atoms with Crippen molar-refractivity contribution in [2.24, 2.45) is 0 Å². The van der Waals surface area contributed by atoms with Gasteiger partial charge in [-0.15, -0.1) is 0 Å². The average Bonchev–Trinajstić information content (AvgIpc) is 2.57. The average molecular weight is 322 g/mol. The van der Waals surface area contributed by atoms with Gasteiger partial charge in [0.15, 0.2) is 11.5 Å². The van der Waals surface area contributed by atoms with Crippen LogP contribution in [0.15, 0.2) is 12.1 Å². The van der Waals surface area contributed by atoms with Crippen molar-refractivity contribution < 1.29 is 19.4 Å². The summed E-state index contributed by atoms with van der Waals surface area (Å²) in [5, 5.41) is 8.97. The SMILES string of the molecule is COc1cc(C)c(CC(=O)N2CCN(CCO)CC2)cc1OC.